The molecule has 0 bridgehead atoms. The summed E-state index contributed by atoms with van der Waals surface area (Å²) in [5.41, 5.74) is 2.29. The molecular weight excluding hydrogens is 558 g/mol. The van der Waals surface area contributed by atoms with E-state index in [1.54, 1.807) is 37.3 Å². The standard InChI is InChI=1S/C27H25N3O8S2/c1-3-37-17-10-14(6-9-16(17)38-12-18(31)28-15-7-4-13(2)5-8-15)20-21-23(39-24-22(20)40-27(36)29-24)26(35)30(25(21)34)11-19(32)33/h4-10,20-21,23H,3,11-12H2,1-2H3,(H,28,31)(H,29,36)(H,32,33)/t20-,21?,23?/m1/s1. The topological polar surface area (TPSA) is 155 Å². The highest BCUT2D eigenvalue weighted by molar-refractivity contribution is 8.00. The number of carboxylic acids is 1. The number of ether oxygens (including phenoxy) is 2. The number of amides is 3. The predicted octanol–water partition coefficient (Wildman–Crippen LogP) is 2.84. The molecule has 2 unspecified atom stereocenters. The van der Waals surface area contributed by atoms with Gasteiger partial charge in [0.25, 0.3) is 5.91 Å². The lowest BCUT2D eigenvalue weighted by atomic mass is 9.83. The third-order valence-corrected chi connectivity index (χ3v) is 8.93. The van der Waals surface area contributed by atoms with Gasteiger partial charge in [0.2, 0.25) is 11.8 Å². The first kappa shape index (κ1) is 27.5. The molecule has 11 nitrogen and oxygen atoms in total. The fourth-order valence-electron chi connectivity index (χ4n) is 4.81. The van der Waals surface area contributed by atoms with E-state index in [0.29, 0.717) is 32.7 Å². The monoisotopic (exact) mass is 583 g/mol. The van der Waals surface area contributed by atoms with Gasteiger partial charge in [0.05, 0.1) is 17.6 Å². The minimum absolute atomic E-state index is 0.279. The van der Waals surface area contributed by atoms with E-state index < -0.39 is 41.4 Å². The molecule has 2 aliphatic heterocycles. The van der Waals surface area contributed by atoms with Crippen LogP contribution in [0.15, 0.2) is 52.3 Å². The molecular formula is C27H25N3O8S2. The molecule has 1 fully saturated rings. The molecule has 1 saturated heterocycles. The molecule has 0 spiro atoms. The molecule has 3 N–H and O–H groups in total. The Balaban J connectivity index is 1.43. The zero-order chi connectivity index (χ0) is 28.6. The second-order valence-corrected chi connectivity index (χ2v) is 11.4. The van der Waals surface area contributed by atoms with Crippen LogP contribution in [0.1, 0.15) is 28.8 Å². The lowest BCUT2D eigenvalue weighted by molar-refractivity contribution is -0.149. The molecule has 2 aromatic carbocycles. The van der Waals surface area contributed by atoms with E-state index in [2.05, 4.69) is 10.3 Å². The van der Waals surface area contributed by atoms with Crippen molar-refractivity contribution in [2.45, 2.75) is 30.0 Å². The Bertz CT molecular complexity index is 1550. The summed E-state index contributed by atoms with van der Waals surface area (Å²) in [6, 6.07) is 12.3. The molecule has 208 valence electrons. The maximum atomic E-state index is 13.4. The van der Waals surface area contributed by atoms with Crippen molar-refractivity contribution in [3.8, 4) is 11.5 Å². The number of aliphatic carboxylic acids is 1. The number of thioether (sulfide) groups is 1. The van der Waals surface area contributed by atoms with E-state index in [1.807, 2.05) is 19.1 Å². The van der Waals surface area contributed by atoms with E-state index in [-0.39, 0.29) is 24.0 Å². The first-order valence-electron chi connectivity index (χ1n) is 12.4. The highest BCUT2D eigenvalue weighted by atomic mass is 32.2. The van der Waals surface area contributed by atoms with Crippen molar-refractivity contribution in [1.29, 1.82) is 0 Å². The van der Waals surface area contributed by atoms with Crippen LogP contribution >= 0.6 is 23.1 Å². The largest absolute Gasteiger partial charge is 0.490 e. The number of H-pyrrole nitrogens is 1. The quantitative estimate of drug-likeness (QED) is 0.323. The molecule has 5 rings (SSSR count). The summed E-state index contributed by atoms with van der Waals surface area (Å²) in [5.74, 6) is -3.84. The number of carboxylic acid groups (broad SMARTS) is 1. The van der Waals surface area contributed by atoms with Crippen molar-refractivity contribution in [3.63, 3.8) is 0 Å². The number of fused-ring (bicyclic) bond motifs is 2. The number of aromatic nitrogens is 1. The van der Waals surface area contributed by atoms with Gasteiger partial charge in [-0.25, -0.2) is 0 Å². The van der Waals surface area contributed by atoms with Crippen molar-refractivity contribution in [2.75, 3.05) is 25.1 Å². The van der Waals surface area contributed by atoms with Crippen LogP contribution in [0.5, 0.6) is 11.5 Å². The van der Waals surface area contributed by atoms with Crippen LogP contribution in [0.3, 0.4) is 0 Å². The zero-order valence-electron chi connectivity index (χ0n) is 21.5. The number of carbonyl (C=O) groups excluding carboxylic acids is 3. The number of likely N-dealkylation sites (tertiary alicyclic amines) is 1. The van der Waals surface area contributed by atoms with Crippen LogP contribution in [0.2, 0.25) is 0 Å². The molecule has 1 aromatic heterocycles. The van der Waals surface area contributed by atoms with Gasteiger partial charge in [-0.05, 0) is 43.7 Å². The lowest BCUT2D eigenvalue weighted by Gasteiger charge is -2.30. The zero-order valence-corrected chi connectivity index (χ0v) is 23.1. The fraction of sp³-hybridized carbons (Fsp3) is 0.296. The fourth-order valence-corrected chi connectivity index (χ4v) is 7.34. The van der Waals surface area contributed by atoms with E-state index in [9.17, 15) is 29.1 Å². The molecule has 3 amide bonds. The van der Waals surface area contributed by atoms with Gasteiger partial charge >= 0.3 is 10.8 Å². The second-order valence-electron chi connectivity index (χ2n) is 9.25. The summed E-state index contributed by atoms with van der Waals surface area (Å²) in [6.45, 7) is 3.01. The van der Waals surface area contributed by atoms with Crippen LogP contribution < -0.4 is 19.7 Å². The van der Waals surface area contributed by atoms with Crippen LogP contribution in [0.25, 0.3) is 0 Å². The molecule has 13 heteroatoms. The molecule has 3 atom stereocenters. The van der Waals surface area contributed by atoms with Crippen molar-refractivity contribution in [1.82, 2.24) is 9.88 Å². The number of carbonyl (C=O) groups is 4. The first-order valence-corrected chi connectivity index (χ1v) is 14.1. The number of aromatic amines is 1. The third kappa shape index (κ3) is 5.34. The number of thiazole rings is 1. The lowest BCUT2D eigenvalue weighted by Crippen LogP contribution is -2.36. The number of benzene rings is 2. The number of anilines is 1. The molecule has 0 radical (unpaired) electrons. The summed E-state index contributed by atoms with van der Waals surface area (Å²) in [5, 5.41) is 11.6. The Morgan fingerprint density at radius 1 is 1.05 bits per heavy atom. The Hall–Kier alpha value is -4.10. The Labute approximate surface area is 236 Å². The SMILES string of the molecule is CCOc1cc([C@H]2c3sc(=O)[nH]c3SC3C(=O)N(CC(=O)O)C(=O)C32)ccc1OCC(=O)Nc1ccc(C)cc1. The second kappa shape index (κ2) is 11.2. The Morgan fingerprint density at radius 2 is 1.80 bits per heavy atom. The summed E-state index contributed by atoms with van der Waals surface area (Å²) in [7, 11) is 0. The van der Waals surface area contributed by atoms with Crippen molar-refractivity contribution < 1.29 is 33.8 Å². The molecule has 0 saturated carbocycles. The smallest absolute Gasteiger partial charge is 0.323 e. The minimum atomic E-state index is -1.29. The maximum absolute atomic E-state index is 13.4. The molecule has 2 aliphatic rings. The summed E-state index contributed by atoms with van der Waals surface area (Å²) >= 11 is 2.01. The van der Waals surface area contributed by atoms with E-state index in [4.69, 9.17) is 9.47 Å². The van der Waals surface area contributed by atoms with Crippen molar-refractivity contribution in [3.05, 3.63) is 68.1 Å². The predicted molar refractivity (Wildman–Crippen MR) is 147 cm³/mol. The number of hydrogen-bond donors (Lipinski definition) is 3. The van der Waals surface area contributed by atoms with E-state index in [1.165, 1.54) is 0 Å². The number of aryl methyl sites for hydroxylation is 1. The van der Waals surface area contributed by atoms with Gasteiger partial charge in [-0.15, -0.1) is 0 Å². The first-order chi connectivity index (χ1) is 19.2. The normalized spacial score (nSPS) is 19.6. The summed E-state index contributed by atoms with van der Waals surface area (Å²) in [4.78, 5) is 66.2. The van der Waals surface area contributed by atoms with Gasteiger partial charge in [0, 0.05) is 16.5 Å². The number of nitrogens with zero attached hydrogens (tertiary/aromatic N) is 1. The van der Waals surface area contributed by atoms with Crippen LogP contribution in [0, 0.1) is 12.8 Å². The average Bonchev–Trinajstić information content (AvgIpc) is 3.39. The maximum Gasteiger partial charge on any atom is 0.323 e. The van der Waals surface area contributed by atoms with E-state index in [0.717, 1.165) is 33.6 Å². The highest BCUT2D eigenvalue weighted by Gasteiger charge is 2.56. The molecule has 3 aromatic rings. The molecule has 40 heavy (non-hydrogen) atoms. The van der Waals surface area contributed by atoms with Gasteiger partial charge < -0.3 is 24.9 Å². The Morgan fingerprint density at radius 3 is 2.50 bits per heavy atom. The van der Waals surface area contributed by atoms with Crippen LogP contribution in [-0.4, -0.2) is 63.7 Å². The van der Waals surface area contributed by atoms with Crippen molar-refractivity contribution >= 4 is 52.5 Å². The van der Waals surface area contributed by atoms with Gasteiger partial charge in [-0.2, -0.15) is 0 Å². The number of hydrogen-bond acceptors (Lipinski definition) is 9. The molecule has 3 heterocycles. The van der Waals surface area contributed by atoms with Gasteiger partial charge in [-0.1, -0.05) is 46.9 Å². The third-order valence-electron chi connectivity index (χ3n) is 6.53. The number of imide groups is 1. The summed E-state index contributed by atoms with van der Waals surface area (Å²) in [6.07, 6.45) is 0. The van der Waals surface area contributed by atoms with Gasteiger partial charge in [0.1, 0.15) is 11.8 Å². The minimum Gasteiger partial charge on any atom is -0.490 e. The highest BCUT2D eigenvalue weighted by Crippen LogP contribution is 2.53. The van der Waals surface area contributed by atoms with Crippen molar-refractivity contribution in [2.24, 2.45) is 5.92 Å². The number of nitrogens with one attached hydrogen (secondary N) is 2. The van der Waals surface area contributed by atoms with E-state index >= 15 is 0 Å². The van der Waals surface area contributed by atoms with Crippen LogP contribution in [0.4, 0.5) is 5.69 Å². The average molecular weight is 584 g/mol. The summed E-state index contributed by atoms with van der Waals surface area (Å²) < 4.78 is 11.6. The number of rotatable bonds is 9. The van der Waals surface area contributed by atoms with Gasteiger partial charge in [-0.3, -0.25) is 28.9 Å². The van der Waals surface area contributed by atoms with Gasteiger partial charge in [0.15, 0.2) is 18.1 Å². The molecule has 0 aliphatic carbocycles. The Kier molecular flexibility index (Phi) is 7.68. The van der Waals surface area contributed by atoms with Crippen LogP contribution in [-0.2, 0) is 19.2 Å².